The van der Waals surface area contributed by atoms with Crippen LogP contribution in [0, 0.1) is 0 Å². The molecule has 2 rings (SSSR count). The Labute approximate surface area is 128 Å². The monoisotopic (exact) mass is 285 g/mol. The molecule has 0 saturated carbocycles. The lowest BCUT2D eigenvalue weighted by atomic mass is 9.98. The Morgan fingerprint density at radius 1 is 1.19 bits per heavy atom. The van der Waals surface area contributed by atoms with Crippen molar-refractivity contribution >= 4 is 0 Å². The zero-order valence-corrected chi connectivity index (χ0v) is 13.6. The lowest BCUT2D eigenvalue weighted by molar-refractivity contribution is 0.413. The van der Waals surface area contributed by atoms with Crippen LogP contribution in [0.15, 0.2) is 42.9 Å². The van der Waals surface area contributed by atoms with Crippen molar-refractivity contribution < 1.29 is 0 Å². The van der Waals surface area contributed by atoms with E-state index in [-0.39, 0.29) is 5.54 Å². The third-order valence-electron chi connectivity index (χ3n) is 3.77. The van der Waals surface area contributed by atoms with Crippen molar-refractivity contribution in [2.24, 2.45) is 0 Å². The van der Waals surface area contributed by atoms with E-state index < -0.39 is 0 Å². The Morgan fingerprint density at radius 3 is 2.57 bits per heavy atom. The van der Waals surface area contributed by atoms with Gasteiger partial charge in [-0.3, -0.25) is 0 Å². The highest BCUT2D eigenvalue weighted by Crippen LogP contribution is 2.19. The van der Waals surface area contributed by atoms with Gasteiger partial charge < -0.3 is 9.88 Å². The van der Waals surface area contributed by atoms with Gasteiger partial charge >= 0.3 is 0 Å². The van der Waals surface area contributed by atoms with Crippen molar-refractivity contribution in [3.8, 4) is 0 Å². The minimum absolute atomic E-state index is 0.131. The van der Waals surface area contributed by atoms with Gasteiger partial charge in [0.25, 0.3) is 0 Å². The Kier molecular flexibility index (Phi) is 5.18. The van der Waals surface area contributed by atoms with Crippen LogP contribution in [-0.4, -0.2) is 15.1 Å². The molecule has 1 aromatic heterocycles. The second-order valence-electron chi connectivity index (χ2n) is 6.78. The van der Waals surface area contributed by atoms with Crippen LogP contribution < -0.4 is 5.32 Å². The molecule has 0 amide bonds. The molecule has 0 fully saturated rings. The van der Waals surface area contributed by atoms with Crippen LogP contribution in [0.4, 0.5) is 0 Å². The number of imidazole rings is 1. The molecule has 114 valence electrons. The molecule has 3 heteroatoms. The van der Waals surface area contributed by atoms with Crippen LogP contribution in [-0.2, 0) is 13.1 Å². The normalized spacial score (nSPS) is 13.3. The lowest BCUT2D eigenvalue weighted by Crippen LogP contribution is -2.35. The highest BCUT2D eigenvalue weighted by Gasteiger charge is 2.11. The van der Waals surface area contributed by atoms with Gasteiger partial charge in [0.1, 0.15) is 0 Å². The topological polar surface area (TPSA) is 29.9 Å². The van der Waals surface area contributed by atoms with Gasteiger partial charge in [-0.25, -0.2) is 4.98 Å². The van der Waals surface area contributed by atoms with Gasteiger partial charge in [0.05, 0.1) is 12.0 Å². The van der Waals surface area contributed by atoms with Gasteiger partial charge in [0, 0.05) is 24.8 Å². The molecule has 0 spiro atoms. The summed E-state index contributed by atoms with van der Waals surface area (Å²) in [6.07, 6.45) is 5.03. The maximum absolute atomic E-state index is 4.30. The van der Waals surface area contributed by atoms with Gasteiger partial charge in [-0.1, -0.05) is 37.3 Å². The molecule has 1 N–H and O–H groups in total. The quantitative estimate of drug-likeness (QED) is 0.870. The first-order valence-corrected chi connectivity index (χ1v) is 7.75. The summed E-state index contributed by atoms with van der Waals surface area (Å²) in [5.41, 5.74) is 2.80. The number of hydrogen-bond donors (Lipinski definition) is 1. The molecule has 1 atom stereocenters. The number of hydrogen-bond acceptors (Lipinski definition) is 2. The maximum Gasteiger partial charge on any atom is 0.0948 e. The first-order chi connectivity index (χ1) is 9.96. The molecule has 21 heavy (non-hydrogen) atoms. The van der Waals surface area contributed by atoms with Crippen molar-refractivity contribution in [3.05, 3.63) is 54.1 Å². The Morgan fingerprint density at radius 2 is 1.90 bits per heavy atom. The maximum atomic E-state index is 4.30. The van der Waals surface area contributed by atoms with Gasteiger partial charge in [-0.05, 0) is 38.7 Å². The van der Waals surface area contributed by atoms with E-state index in [1.54, 1.807) is 0 Å². The average Bonchev–Trinajstić information content (AvgIpc) is 2.90. The molecule has 0 aliphatic carbocycles. The number of nitrogens with one attached hydrogen (secondary N) is 1. The van der Waals surface area contributed by atoms with Crippen molar-refractivity contribution in [1.82, 2.24) is 14.9 Å². The standard InChI is InChI=1S/C18H27N3/c1-15(16-8-6-5-7-9-16)10-11-21-14-19-12-17(21)13-20-18(2,3)4/h5-9,12,14-15,20H,10-11,13H2,1-4H3. The molecular weight excluding hydrogens is 258 g/mol. The largest absolute Gasteiger partial charge is 0.333 e. The zero-order valence-electron chi connectivity index (χ0n) is 13.6. The molecular formula is C18H27N3. The average molecular weight is 285 g/mol. The predicted octanol–water partition coefficient (Wildman–Crippen LogP) is 3.97. The second-order valence-corrected chi connectivity index (χ2v) is 6.78. The number of benzene rings is 1. The number of rotatable bonds is 6. The van der Waals surface area contributed by atoms with Crippen molar-refractivity contribution in [1.29, 1.82) is 0 Å². The summed E-state index contributed by atoms with van der Waals surface area (Å²) in [5.74, 6) is 0.567. The summed E-state index contributed by atoms with van der Waals surface area (Å²) in [4.78, 5) is 4.30. The lowest BCUT2D eigenvalue weighted by Gasteiger charge is -2.21. The van der Waals surface area contributed by atoms with Gasteiger partial charge in [-0.15, -0.1) is 0 Å². The van der Waals surface area contributed by atoms with Crippen molar-refractivity contribution in [3.63, 3.8) is 0 Å². The van der Waals surface area contributed by atoms with Gasteiger partial charge in [0.15, 0.2) is 0 Å². The Bertz CT molecular complexity index is 537. The van der Waals surface area contributed by atoms with E-state index in [9.17, 15) is 0 Å². The van der Waals surface area contributed by atoms with E-state index in [1.807, 2.05) is 12.5 Å². The fourth-order valence-corrected chi connectivity index (χ4v) is 2.33. The number of aryl methyl sites for hydroxylation is 1. The van der Waals surface area contributed by atoms with Crippen molar-refractivity contribution in [2.45, 2.75) is 58.7 Å². The Balaban J connectivity index is 1.90. The number of aromatic nitrogens is 2. The molecule has 0 saturated heterocycles. The first-order valence-electron chi connectivity index (χ1n) is 7.75. The van der Waals surface area contributed by atoms with Gasteiger partial charge in [0.2, 0.25) is 0 Å². The van der Waals surface area contributed by atoms with E-state index >= 15 is 0 Å². The molecule has 3 nitrogen and oxygen atoms in total. The van der Waals surface area contributed by atoms with Crippen LogP contribution in [0.5, 0.6) is 0 Å². The van der Waals surface area contributed by atoms with Crippen LogP contribution in [0.1, 0.15) is 51.3 Å². The second kappa shape index (κ2) is 6.90. The predicted molar refractivity (Wildman–Crippen MR) is 88.3 cm³/mol. The van der Waals surface area contributed by atoms with E-state index in [4.69, 9.17) is 0 Å². The van der Waals surface area contributed by atoms with E-state index in [0.29, 0.717) is 5.92 Å². The fraction of sp³-hybridized carbons (Fsp3) is 0.500. The molecule has 0 radical (unpaired) electrons. The summed E-state index contributed by atoms with van der Waals surface area (Å²) in [5, 5.41) is 3.52. The van der Waals surface area contributed by atoms with Crippen LogP contribution in [0.3, 0.4) is 0 Å². The summed E-state index contributed by atoms with van der Waals surface area (Å²) in [6.45, 7) is 10.7. The molecule has 1 aromatic carbocycles. The molecule has 0 bridgehead atoms. The van der Waals surface area contributed by atoms with E-state index in [1.165, 1.54) is 11.3 Å². The van der Waals surface area contributed by atoms with E-state index in [0.717, 1.165) is 19.5 Å². The highest BCUT2D eigenvalue weighted by atomic mass is 15.1. The molecule has 2 aromatic rings. The summed E-state index contributed by atoms with van der Waals surface area (Å²) < 4.78 is 2.26. The van der Waals surface area contributed by atoms with Crippen LogP contribution >= 0.6 is 0 Å². The van der Waals surface area contributed by atoms with E-state index in [2.05, 4.69) is 72.9 Å². The fourth-order valence-electron chi connectivity index (χ4n) is 2.33. The molecule has 0 aliphatic rings. The minimum atomic E-state index is 0.131. The SMILES string of the molecule is CC(CCn1cncc1CNC(C)(C)C)c1ccccc1. The summed E-state index contributed by atoms with van der Waals surface area (Å²) >= 11 is 0. The van der Waals surface area contributed by atoms with Crippen molar-refractivity contribution in [2.75, 3.05) is 0 Å². The highest BCUT2D eigenvalue weighted by molar-refractivity contribution is 5.18. The third-order valence-corrected chi connectivity index (χ3v) is 3.77. The van der Waals surface area contributed by atoms with Crippen LogP contribution in [0.2, 0.25) is 0 Å². The summed E-state index contributed by atoms with van der Waals surface area (Å²) in [6, 6.07) is 10.7. The third kappa shape index (κ3) is 5.01. The van der Waals surface area contributed by atoms with Gasteiger partial charge in [-0.2, -0.15) is 0 Å². The molecule has 0 aliphatic heterocycles. The molecule has 1 unspecified atom stereocenters. The smallest absolute Gasteiger partial charge is 0.0948 e. The zero-order chi connectivity index (χ0) is 15.3. The minimum Gasteiger partial charge on any atom is -0.333 e. The Hall–Kier alpha value is -1.61. The van der Waals surface area contributed by atoms with Crippen LogP contribution in [0.25, 0.3) is 0 Å². The number of nitrogens with zero attached hydrogens (tertiary/aromatic N) is 2. The molecule has 1 heterocycles. The summed E-state index contributed by atoms with van der Waals surface area (Å²) in [7, 11) is 0. The first kappa shape index (κ1) is 15.8.